The smallest absolute Gasteiger partial charge is 0.136 e. The van der Waals surface area contributed by atoms with Gasteiger partial charge >= 0.3 is 0 Å². The van der Waals surface area contributed by atoms with Crippen LogP contribution in [0.4, 0.5) is 11.5 Å². The summed E-state index contributed by atoms with van der Waals surface area (Å²) in [6.45, 7) is 3.67. The van der Waals surface area contributed by atoms with Gasteiger partial charge in [-0.15, -0.1) is 0 Å². The Hall–Kier alpha value is -1.16. The maximum Gasteiger partial charge on any atom is 0.136 e. The molecule has 82 valence electrons. The van der Waals surface area contributed by atoms with Crippen LogP contribution in [0.1, 0.15) is 0 Å². The maximum atomic E-state index is 3.67. The van der Waals surface area contributed by atoms with E-state index in [1.54, 1.807) is 6.08 Å². The summed E-state index contributed by atoms with van der Waals surface area (Å²) in [5.74, 6) is 1.10. The second kappa shape index (κ2) is 5.07. The Labute approximate surface area is 99.2 Å². The molecular weight excluding hydrogens is 254 g/mol. The number of allylic oxidation sites excluding steroid dienone is 2. The van der Waals surface area contributed by atoms with E-state index in [4.69, 9.17) is 0 Å². The van der Waals surface area contributed by atoms with E-state index in [9.17, 15) is 0 Å². The van der Waals surface area contributed by atoms with Gasteiger partial charge in [0.1, 0.15) is 5.82 Å². The zero-order chi connectivity index (χ0) is 11.4. The zero-order valence-electron chi connectivity index (χ0n) is 9.29. The monoisotopic (exact) mass is 269 g/mol. The minimum Gasteiger partial charge on any atom is -0.385 e. The highest BCUT2D eigenvalue weighted by Gasteiger charge is 2.12. The highest BCUT2D eigenvalue weighted by Crippen LogP contribution is 2.29. The molecule has 0 spiro atoms. The fraction of sp³-hybridized carbons (Fsp3) is 0.273. The van der Waals surface area contributed by atoms with Crippen molar-refractivity contribution < 1.29 is 0 Å². The minimum absolute atomic E-state index is 0.968. The minimum atomic E-state index is 0.968. The van der Waals surface area contributed by atoms with Gasteiger partial charge in [0.05, 0.1) is 10.3 Å². The summed E-state index contributed by atoms with van der Waals surface area (Å²) in [7, 11) is 5.93. The molecule has 1 rings (SSSR count). The number of hydrogen-bond donors (Lipinski definition) is 1. The Morgan fingerprint density at radius 1 is 1.67 bits per heavy atom. The quantitative estimate of drug-likeness (QED) is 0.670. The molecule has 0 saturated heterocycles. The Morgan fingerprint density at radius 3 is 2.87 bits per heavy atom. The van der Waals surface area contributed by atoms with E-state index in [1.807, 2.05) is 44.4 Å². The van der Waals surface area contributed by atoms with Crippen LogP contribution in [0.2, 0.25) is 0 Å². The van der Waals surface area contributed by atoms with Gasteiger partial charge in [-0.3, -0.25) is 0 Å². The van der Waals surface area contributed by atoms with Crippen LogP contribution in [0.5, 0.6) is 0 Å². The molecule has 1 aromatic heterocycles. The third-order valence-corrected chi connectivity index (χ3v) is 3.00. The Balaban J connectivity index is 3.09. The molecule has 0 radical (unpaired) electrons. The molecule has 1 aromatic rings. The molecule has 1 N–H and O–H groups in total. The van der Waals surface area contributed by atoms with Crippen molar-refractivity contribution in [1.82, 2.24) is 4.57 Å². The largest absolute Gasteiger partial charge is 0.385 e. The first-order valence-electron chi connectivity index (χ1n) is 4.66. The van der Waals surface area contributed by atoms with Crippen molar-refractivity contribution in [3.05, 3.63) is 35.6 Å². The third-order valence-electron chi connectivity index (χ3n) is 2.20. The average Bonchev–Trinajstić information content (AvgIpc) is 2.58. The topological polar surface area (TPSA) is 20.2 Å². The predicted octanol–water partition coefficient (Wildman–Crippen LogP) is 2.93. The van der Waals surface area contributed by atoms with Gasteiger partial charge in [-0.1, -0.05) is 12.7 Å². The molecule has 4 heteroatoms. The molecule has 1 heterocycles. The lowest BCUT2D eigenvalue weighted by Gasteiger charge is -2.20. The molecule has 3 nitrogen and oxygen atoms in total. The molecule has 0 atom stereocenters. The summed E-state index contributed by atoms with van der Waals surface area (Å²) in [5, 5.41) is 3.16. The van der Waals surface area contributed by atoms with Crippen LogP contribution in [-0.4, -0.2) is 18.7 Å². The number of aromatic nitrogens is 1. The van der Waals surface area contributed by atoms with Gasteiger partial charge in [0.2, 0.25) is 0 Å². The lowest BCUT2D eigenvalue weighted by molar-refractivity contribution is 0.897. The fourth-order valence-corrected chi connectivity index (χ4v) is 1.80. The number of hydrogen-bond acceptors (Lipinski definition) is 2. The van der Waals surface area contributed by atoms with Crippen LogP contribution in [0, 0.1) is 0 Å². The highest BCUT2D eigenvalue weighted by atomic mass is 79.9. The molecule has 0 unspecified atom stereocenters. The summed E-state index contributed by atoms with van der Waals surface area (Å²) in [6, 6.07) is 2.04. The molecule has 0 bridgehead atoms. The number of halogens is 1. The van der Waals surface area contributed by atoms with E-state index in [0.29, 0.717) is 0 Å². The first-order valence-corrected chi connectivity index (χ1v) is 5.46. The van der Waals surface area contributed by atoms with Crippen LogP contribution in [0.25, 0.3) is 0 Å². The number of rotatable bonds is 4. The molecule has 0 aliphatic heterocycles. The molecule has 15 heavy (non-hydrogen) atoms. The van der Waals surface area contributed by atoms with Gasteiger partial charge < -0.3 is 14.8 Å². The summed E-state index contributed by atoms with van der Waals surface area (Å²) >= 11 is 3.50. The molecule has 0 fully saturated rings. The molecule has 0 aromatic carbocycles. The van der Waals surface area contributed by atoms with Crippen LogP contribution in [0.3, 0.4) is 0 Å². The van der Waals surface area contributed by atoms with E-state index < -0.39 is 0 Å². The van der Waals surface area contributed by atoms with Crippen molar-refractivity contribution in [1.29, 1.82) is 0 Å². The number of aryl methyl sites for hydroxylation is 1. The van der Waals surface area contributed by atoms with Gasteiger partial charge in [0.25, 0.3) is 0 Å². The first kappa shape index (κ1) is 11.9. The van der Waals surface area contributed by atoms with Gasteiger partial charge in [-0.2, -0.15) is 0 Å². The number of nitrogens with zero attached hydrogens (tertiary/aromatic N) is 2. The highest BCUT2D eigenvalue weighted by molar-refractivity contribution is 9.11. The van der Waals surface area contributed by atoms with Crippen molar-refractivity contribution in [2.45, 2.75) is 0 Å². The van der Waals surface area contributed by atoms with Gasteiger partial charge in [-0.05, 0) is 28.1 Å². The predicted molar refractivity (Wildman–Crippen MR) is 70.6 cm³/mol. The van der Waals surface area contributed by atoms with E-state index in [0.717, 1.165) is 16.1 Å². The SMILES string of the molecule is C=C/C=C(/Br)N(C)c1c(NC)ccn1C. The Kier molecular flexibility index (Phi) is 4.03. The van der Waals surface area contributed by atoms with Crippen molar-refractivity contribution >= 4 is 27.4 Å². The zero-order valence-corrected chi connectivity index (χ0v) is 10.9. The number of anilines is 2. The molecule has 0 aliphatic rings. The van der Waals surface area contributed by atoms with E-state index in [1.165, 1.54) is 0 Å². The van der Waals surface area contributed by atoms with Gasteiger partial charge in [-0.25, -0.2) is 0 Å². The van der Waals surface area contributed by atoms with Crippen LogP contribution < -0.4 is 10.2 Å². The van der Waals surface area contributed by atoms with Crippen molar-refractivity contribution in [3.63, 3.8) is 0 Å². The van der Waals surface area contributed by atoms with Crippen LogP contribution in [0.15, 0.2) is 35.6 Å². The molecule has 0 amide bonds. The second-order valence-electron chi connectivity index (χ2n) is 3.20. The van der Waals surface area contributed by atoms with Crippen LogP contribution >= 0.6 is 15.9 Å². The summed E-state index contributed by atoms with van der Waals surface area (Å²) in [6.07, 6.45) is 5.68. The summed E-state index contributed by atoms with van der Waals surface area (Å²) in [5.41, 5.74) is 1.09. The van der Waals surface area contributed by atoms with E-state index in [2.05, 4.69) is 32.4 Å². The maximum absolute atomic E-state index is 3.67. The average molecular weight is 270 g/mol. The Bertz CT molecular complexity index is 379. The van der Waals surface area contributed by atoms with Gasteiger partial charge in [0, 0.05) is 27.3 Å². The van der Waals surface area contributed by atoms with Gasteiger partial charge in [0.15, 0.2) is 0 Å². The van der Waals surface area contributed by atoms with E-state index in [-0.39, 0.29) is 0 Å². The fourth-order valence-electron chi connectivity index (χ4n) is 1.44. The summed E-state index contributed by atoms with van der Waals surface area (Å²) in [4.78, 5) is 2.05. The van der Waals surface area contributed by atoms with Crippen molar-refractivity contribution in [2.24, 2.45) is 7.05 Å². The normalized spacial score (nSPS) is 11.3. The molecule has 0 aliphatic carbocycles. The van der Waals surface area contributed by atoms with Crippen molar-refractivity contribution in [2.75, 3.05) is 24.3 Å². The summed E-state index contributed by atoms with van der Waals surface area (Å²) < 4.78 is 3.03. The number of nitrogens with one attached hydrogen (secondary N) is 1. The van der Waals surface area contributed by atoms with Crippen molar-refractivity contribution in [3.8, 4) is 0 Å². The second-order valence-corrected chi connectivity index (χ2v) is 4.01. The lowest BCUT2D eigenvalue weighted by atomic mass is 10.4. The van der Waals surface area contributed by atoms with E-state index >= 15 is 0 Å². The molecular formula is C11H16BrN3. The standard InChI is InChI=1S/C11H16BrN3/c1-5-6-10(12)15(4)11-9(13-2)7-8-14(11)3/h5-8,13H,1H2,2-4H3/b10-6-. The first-order chi connectivity index (χ1) is 7.11. The molecule has 0 saturated carbocycles. The Morgan fingerprint density at radius 2 is 2.33 bits per heavy atom. The van der Waals surface area contributed by atoms with Crippen LogP contribution in [-0.2, 0) is 7.05 Å². The lowest BCUT2D eigenvalue weighted by Crippen LogP contribution is -2.16. The third kappa shape index (κ3) is 2.45.